The van der Waals surface area contributed by atoms with E-state index in [9.17, 15) is 14.4 Å². The summed E-state index contributed by atoms with van der Waals surface area (Å²) in [5.41, 5.74) is -0.386. The Morgan fingerprint density at radius 1 is 1.06 bits per heavy atom. The Kier molecular flexibility index (Phi) is 9.84. The summed E-state index contributed by atoms with van der Waals surface area (Å²) in [6.07, 6.45) is 2.11. The van der Waals surface area contributed by atoms with Crippen LogP contribution in [0.15, 0.2) is 59.5 Å². The average Bonchev–Trinajstić information content (AvgIpc) is 3.44. The van der Waals surface area contributed by atoms with Crippen LogP contribution in [-0.2, 0) is 26.0 Å². The maximum Gasteiger partial charge on any atom is 0.252 e. The van der Waals surface area contributed by atoms with Crippen LogP contribution in [0.4, 0.5) is 15.8 Å². The minimum absolute atomic E-state index is 0.0466. The number of hydrogen-bond donors (Lipinski definition) is 3. The maximum absolute atomic E-state index is 16.0. The van der Waals surface area contributed by atoms with Gasteiger partial charge in [0.1, 0.15) is 11.2 Å². The summed E-state index contributed by atoms with van der Waals surface area (Å²) in [6, 6.07) is 11.1. The summed E-state index contributed by atoms with van der Waals surface area (Å²) >= 11 is 12.6. The van der Waals surface area contributed by atoms with Gasteiger partial charge in [-0.05, 0) is 65.4 Å². The second-order valence-electron chi connectivity index (χ2n) is 15.6. The molecule has 8 nitrogen and oxygen atoms in total. The highest BCUT2D eigenvalue weighted by molar-refractivity contribution is 6.74. The second-order valence-corrected chi connectivity index (χ2v) is 21.3. The average molecular weight is 716 g/mol. The lowest BCUT2D eigenvalue weighted by molar-refractivity contribution is -0.122. The number of nitrogens with zero attached hydrogens (tertiary/aromatic N) is 1. The molecule has 3 aromatic rings. The van der Waals surface area contributed by atoms with E-state index in [4.69, 9.17) is 27.6 Å². The van der Waals surface area contributed by atoms with Crippen molar-refractivity contribution in [2.75, 3.05) is 17.2 Å². The zero-order chi connectivity index (χ0) is 35.4. The van der Waals surface area contributed by atoms with Gasteiger partial charge >= 0.3 is 0 Å². The van der Waals surface area contributed by atoms with E-state index < -0.39 is 43.5 Å². The van der Waals surface area contributed by atoms with E-state index >= 15 is 4.39 Å². The third kappa shape index (κ3) is 6.74. The standard InChI is InChI=1S/C36H45Cl2FN4O4Si/c1-34(2,3)20-27-36(24-13-12-21(37)18-26(24)41-33(36)46)29(23-10-9-11-25(38)30(23)39)31(42-27)32(45)40-22-14-15-43(28(44)19-22)16-17-47-48(7,8)35(4,5)6/h9-15,18-19,27,29,31,42H,16-17,20H2,1-8H3,(H,40,45)(H,41,46). The van der Waals surface area contributed by atoms with Crippen molar-refractivity contribution in [2.45, 2.75) is 96.1 Å². The largest absolute Gasteiger partial charge is 0.415 e. The number of amides is 2. The summed E-state index contributed by atoms with van der Waals surface area (Å²) in [6.45, 7) is 17.7. The van der Waals surface area contributed by atoms with Gasteiger partial charge in [-0.1, -0.05) is 82.9 Å². The Hall–Kier alpha value is -3.02. The Bertz CT molecular complexity index is 1800. The normalized spacial score (nSPS) is 22.6. The predicted octanol–water partition coefficient (Wildman–Crippen LogP) is 7.71. The third-order valence-corrected chi connectivity index (χ3v) is 15.2. The molecule has 5 rings (SSSR count). The molecular weight excluding hydrogens is 670 g/mol. The Morgan fingerprint density at radius 2 is 1.77 bits per heavy atom. The molecular formula is C36H45Cl2FN4O4Si. The number of halogens is 3. The minimum Gasteiger partial charge on any atom is -0.415 e. The van der Waals surface area contributed by atoms with Crippen LogP contribution in [0.25, 0.3) is 0 Å². The predicted molar refractivity (Wildman–Crippen MR) is 193 cm³/mol. The van der Waals surface area contributed by atoms with Crippen molar-refractivity contribution in [3.05, 3.63) is 92.1 Å². The smallest absolute Gasteiger partial charge is 0.252 e. The fraction of sp³-hybridized carbons (Fsp3) is 0.472. The third-order valence-electron chi connectivity index (χ3n) is 10.1. The van der Waals surface area contributed by atoms with Crippen LogP contribution in [0.1, 0.15) is 65.0 Å². The van der Waals surface area contributed by atoms with Crippen LogP contribution in [0.5, 0.6) is 0 Å². The van der Waals surface area contributed by atoms with Crippen LogP contribution < -0.4 is 21.5 Å². The molecule has 0 aliphatic carbocycles. The number of pyridine rings is 1. The van der Waals surface area contributed by atoms with E-state index in [1.807, 2.05) is 20.8 Å². The fourth-order valence-corrected chi connectivity index (χ4v) is 8.15. The van der Waals surface area contributed by atoms with Gasteiger partial charge in [-0.3, -0.25) is 14.4 Å². The molecule has 0 saturated carbocycles. The van der Waals surface area contributed by atoms with Crippen LogP contribution in [0.3, 0.4) is 0 Å². The summed E-state index contributed by atoms with van der Waals surface area (Å²) in [5, 5.41) is 9.67. The Balaban J connectivity index is 1.52. The number of nitrogens with one attached hydrogen (secondary N) is 3. The highest BCUT2D eigenvalue weighted by atomic mass is 35.5. The van der Waals surface area contributed by atoms with Crippen molar-refractivity contribution in [2.24, 2.45) is 5.41 Å². The molecule has 48 heavy (non-hydrogen) atoms. The number of benzene rings is 2. The molecule has 2 aromatic carbocycles. The molecule has 1 spiro atoms. The molecule has 12 heteroatoms. The second kappa shape index (κ2) is 13.0. The molecule has 1 aromatic heterocycles. The molecule has 3 N–H and O–H groups in total. The van der Waals surface area contributed by atoms with Crippen molar-refractivity contribution in [3.63, 3.8) is 0 Å². The topological polar surface area (TPSA) is 101 Å². The van der Waals surface area contributed by atoms with Crippen LogP contribution in [0.2, 0.25) is 28.2 Å². The van der Waals surface area contributed by atoms with E-state index in [0.717, 1.165) is 0 Å². The molecule has 0 bridgehead atoms. The van der Waals surface area contributed by atoms with Gasteiger partial charge in [0, 0.05) is 47.2 Å². The highest BCUT2D eigenvalue weighted by Crippen LogP contribution is 2.57. The van der Waals surface area contributed by atoms with Crippen molar-refractivity contribution in [1.82, 2.24) is 9.88 Å². The Labute approximate surface area is 292 Å². The summed E-state index contributed by atoms with van der Waals surface area (Å²) in [7, 11) is -1.98. The van der Waals surface area contributed by atoms with Crippen molar-refractivity contribution in [1.29, 1.82) is 0 Å². The first-order chi connectivity index (χ1) is 22.3. The Morgan fingerprint density at radius 3 is 2.42 bits per heavy atom. The molecule has 2 amide bonds. The summed E-state index contributed by atoms with van der Waals surface area (Å²) < 4.78 is 23.8. The van der Waals surface area contributed by atoms with Gasteiger partial charge in [-0.2, -0.15) is 0 Å². The first-order valence-corrected chi connectivity index (χ1v) is 19.9. The molecule has 4 atom stereocenters. The first-order valence-electron chi connectivity index (χ1n) is 16.2. The van der Waals surface area contributed by atoms with Gasteiger partial charge in [-0.25, -0.2) is 4.39 Å². The summed E-state index contributed by atoms with van der Waals surface area (Å²) in [5.74, 6) is -2.57. The molecule has 1 fully saturated rings. The zero-order valence-electron chi connectivity index (χ0n) is 28.8. The number of hydrogen-bond acceptors (Lipinski definition) is 5. The summed E-state index contributed by atoms with van der Waals surface area (Å²) in [4.78, 5) is 41.7. The molecule has 2 aliphatic rings. The van der Waals surface area contributed by atoms with Gasteiger partial charge in [0.2, 0.25) is 11.8 Å². The lowest BCUT2D eigenvalue weighted by Gasteiger charge is -2.37. The van der Waals surface area contributed by atoms with E-state index in [1.165, 1.54) is 12.1 Å². The van der Waals surface area contributed by atoms with Crippen LogP contribution in [0, 0.1) is 11.2 Å². The van der Waals surface area contributed by atoms with Crippen LogP contribution >= 0.6 is 23.2 Å². The number of carbonyl (C=O) groups is 2. The zero-order valence-corrected chi connectivity index (χ0v) is 31.3. The first kappa shape index (κ1) is 36.3. The lowest BCUT2D eigenvalue weighted by Crippen LogP contribution is -2.49. The lowest BCUT2D eigenvalue weighted by atomic mass is 9.62. The van der Waals surface area contributed by atoms with E-state index in [-0.39, 0.29) is 38.2 Å². The van der Waals surface area contributed by atoms with Crippen molar-refractivity contribution < 1.29 is 18.4 Å². The van der Waals surface area contributed by atoms with Gasteiger partial charge < -0.3 is 24.9 Å². The fourth-order valence-electron chi connectivity index (χ4n) is 6.76. The maximum atomic E-state index is 16.0. The van der Waals surface area contributed by atoms with Crippen molar-refractivity contribution in [3.8, 4) is 0 Å². The van der Waals surface area contributed by atoms with Gasteiger partial charge in [-0.15, -0.1) is 0 Å². The minimum atomic E-state index is -1.98. The van der Waals surface area contributed by atoms with Gasteiger partial charge in [0.25, 0.3) is 5.56 Å². The van der Waals surface area contributed by atoms with Gasteiger partial charge in [0.05, 0.1) is 17.7 Å². The van der Waals surface area contributed by atoms with Crippen LogP contribution in [-0.4, -0.2) is 43.4 Å². The molecule has 4 unspecified atom stereocenters. The van der Waals surface area contributed by atoms with Crippen molar-refractivity contribution >= 4 is 54.7 Å². The van der Waals surface area contributed by atoms with E-state index in [2.05, 4.69) is 49.8 Å². The molecule has 3 heterocycles. The molecule has 0 radical (unpaired) electrons. The number of aromatic nitrogens is 1. The van der Waals surface area contributed by atoms with E-state index in [0.29, 0.717) is 35.8 Å². The highest BCUT2D eigenvalue weighted by Gasteiger charge is 2.66. The number of rotatable bonds is 8. The quantitative estimate of drug-likeness (QED) is 0.208. The molecule has 2 aliphatic heterocycles. The molecule has 258 valence electrons. The monoisotopic (exact) mass is 714 g/mol. The van der Waals surface area contributed by atoms with Gasteiger partial charge in [0.15, 0.2) is 8.32 Å². The molecule has 1 saturated heterocycles. The number of anilines is 2. The number of fused-ring (bicyclic) bond motifs is 2. The van der Waals surface area contributed by atoms with E-state index in [1.54, 1.807) is 47.2 Å². The number of carbonyl (C=O) groups excluding carboxylic acids is 2. The SMILES string of the molecule is CC(C)(C)CC1NC(C(=O)Nc2ccn(CCO[Si](C)(C)C(C)(C)C)c(=O)c2)C(c2cccc(Cl)c2F)C12C(=O)Nc1cc(Cl)ccc12.